The normalized spacial score (nSPS) is 10.4. The standard InChI is InChI=1S/C17H8N6S/c1-19-17-23-13-6-5-12-14(15(13)24-17)16(21-9-20-12)22-11-4-2-3-10(7-11)8-18/h2-7,9H,(H,20,21,22). The van der Waals surface area contributed by atoms with Crippen molar-refractivity contribution in [2.75, 3.05) is 5.32 Å². The average molecular weight is 328 g/mol. The summed E-state index contributed by atoms with van der Waals surface area (Å²) in [5.74, 6) is 0.626. The van der Waals surface area contributed by atoms with Gasteiger partial charge in [-0.3, -0.25) is 0 Å². The van der Waals surface area contributed by atoms with Gasteiger partial charge in [0.15, 0.2) is 5.52 Å². The molecule has 4 rings (SSSR count). The van der Waals surface area contributed by atoms with Gasteiger partial charge in [0.1, 0.15) is 12.1 Å². The lowest BCUT2D eigenvalue weighted by Gasteiger charge is -2.08. The van der Waals surface area contributed by atoms with Gasteiger partial charge in [-0.15, -0.1) is 16.3 Å². The molecule has 0 saturated heterocycles. The van der Waals surface area contributed by atoms with Crippen molar-refractivity contribution in [2.45, 2.75) is 0 Å². The maximum Gasteiger partial charge on any atom is 0.330 e. The molecule has 2 aromatic carbocycles. The number of aromatic nitrogens is 3. The van der Waals surface area contributed by atoms with Crippen molar-refractivity contribution in [3.05, 3.63) is 59.7 Å². The van der Waals surface area contributed by atoms with Crippen molar-refractivity contribution in [1.82, 2.24) is 15.0 Å². The highest BCUT2D eigenvalue weighted by molar-refractivity contribution is 7.23. The van der Waals surface area contributed by atoms with Gasteiger partial charge in [-0.05, 0) is 30.3 Å². The Morgan fingerprint density at radius 2 is 2.04 bits per heavy atom. The summed E-state index contributed by atoms with van der Waals surface area (Å²) in [6.45, 7) is 7.16. The van der Waals surface area contributed by atoms with Gasteiger partial charge < -0.3 is 10.2 Å². The SMILES string of the molecule is [C-]#[N+]c1nc2ccc3ncnc(Nc4cccc(C#N)c4)c3c2s1. The van der Waals surface area contributed by atoms with Gasteiger partial charge in [0.2, 0.25) is 0 Å². The maximum absolute atomic E-state index is 9.03. The molecule has 0 spiro atoms. The van der Waals surface area contributed by atoms with E-state index in [2.05, 4.69) is 31.2 Å². The fourth-order valence-corrected chi connectivity index (χ4v) is 3.36. The van der Waals surface area contributed by atoms with Gasteiger partial charge in [-0.1, -0.05) is 12.6 Å². The number of hydrogen-bond acceptors (Lipinski definition) is 6. The fraction of sp³-hybridized carbons (Fsp3) is 0. The molecule has 0 fully saturated rings. The number of thiazole rings is 1. The van der Waals surface area contributed by atoms with Crippen LogP contribution in [-0.4, -0.2) is 15.0 Å². The Morgan fingerprint density at radius 1 is 1.17 bits per heavy atom. The monoisotopic (exact) mass is 328 g/mol. The first-order valence-corrected chi connectivity index (χ1v) is 7.79. The Kier molecular flexibility index (Phi) is 3.27. The van der Waals surface area contributed by atoms with Crippen LogP contribution in [0.15, 0.2) is 42.7 Å². The highest BCUT2D eigenvalue weighted by Gasteiger charge is 2.14. The van der Waals surface area contributed by atoms with Crippen LogP contribution >= 0.6 is 11.3 Å². The maximum atomic E-state index is 9.03. The molecule has 2 heterocycles. The fourth-order valence-electron chi connectivity index (χ4n) is 2.47. The lowest BCUT2D eigenvalue weighted by Crippen LogP contribution is -1.96. The third kappa shape index (κ3) is 2.30. The zero-order valence-corrected chi connectivity index (χ0v) is 13.0. The Hall–Kier alpha value is -3.55. The van der Waals surface area contributed by atoms with E-state index in [1.165, 1.54) is 17.7 Å². The van der Waals surface area contributed by atoms with E-state index in [1.54, 1.807) is 12.1 Å². The van der Waals surface area contributed by atoms with Gasteiger partial charge in [0.05, 0.1) is 27.2 Å². The molecule has 7 heteroatoms. The van der Waals surface area contributed by atoms with Crippen LogP contribution in [0.2, 0.25) is 0 Å². The largest absolute Gasteiger partial charge is 0.351 e. The second-order valence-corrected chi connectivity index (χ2v) is 5.93. The third-order valence-corrected chi connectivity index (χ3v) is 4.48. The molecule has 0 aliphatic rings. The molecular formula is C17H8N6S. The number of anilines is 2. The van der Waals surface area contributed by atoms with E-state index in [9.17, 15) is 0 Å². The minimum atomic E-state index is 0.388. The van der Waals surface area contributed by atoms with E-state index in [0.717, 1.165) is 26.8 Å². The number of nitrogens with one attached hydrogen (secondary N) is 1. The second kappa shape index (κ2) is 5.58. The van der Waals surface area contributed by atoms with Crippen molar-refractivity contribution >= 4 is 49.1 Å². The number of nitrogens with zero attached hydrogens (tertiary/aromatic N) is 5. The van der Waals surface area contributed by atoms with Gasteiger partial charge in [0, 0.05) is 5.69 Å². The molecule has 1 N–H and O–H groups in total. The zero-order chi connectivity index (χ0) is 16.5. The minimum absolute atomic E-state index is 0.388. The zero-order valence-electron chi connectivity index (χ0n) is 12.2. The summed E-state index contributed by atoms with van der Waals surface area (Å²) in [6.07, 6.45) is 1.49. The van der Waals surface area contributed by atoms with Crippen molar-refractivity contribution in [2.24, 2.45) is 0 Å². The quantitative estimate of drug-likeness (QED) is 0.552. The molecule has 0 unspecified atom stereocenters. The molecule has 0 amide bonds. The first-order chi connectivity index (χ1) is 11.8. The highest BCUT2D eigenvalue weighted by Crippen LogP contribution is 2.36. The van der Waals surface area contributed by atoms with Crippen molar-refractivity contribution in [3.63, 3.8) is 0 Å². The molecule has 0 saturated carbocycles. The van der Waals surface area contributed by atoms with Crippen LogP contribution in [0.5, 0.6) is 0 Å². The molecule has 0 atom stereocenters. The van der Waals surface area contributed by atoms with Crippen molar-refractivity contribution < 1.29 is 0 Å². The van der Waals surface area contributed by atoms with Gasteiger partial charge in [0.25, 0.3) is 0 Å². The van der Waals surface area contributed by atoms with Crippen LogP contribution in [0.25, 0.3) is 26.0 Å². The Labute approximate surface area is 140 Å². The van der Waals surface area contributed by atoms with Crippen molar-refractivity contribution in [3.8, 4) is 6.07 Å². The van der Waals surface area contributed by atoms with Crippen molar-refractivity contribution in [1.29, 1.82) is 5.26 Å². The highest BCUT2D eigenvalue weighted by atomic mass is 32.1. The molecular weight excluding hydrogens is 320 g/mol. The predicted molar refractivity (Wildman–Crippen MR) is 93.4 cm³/mol. The molecule has 0 aliphatic heterocycles. The van der Waals surface area contributed by atoms with Crippen LogP contribution < -0.4 is 5.32 Å². The van der Waals surface area contributed by atoms with E-state index in [1.807, 2.05) is 24.3 Å². The molecule has 112 valence electrons. The first kappa shape index (κ1) is 14.1. The topological polar surface area (TPSA) is 78.8 Å². The molecule has 0 radical (unpaired) electrons. The van der Waals surface area contributed by atoms with Crippen LogP contribution in [0.1, 0.15) is 5.56 Å². The molecule has 0 bridgehead atoms. The molecule has 0 aliphatic carbocycles. The van der Waals surface area contributed by atoms with Crippen LogP contribution in [0, 0.1) is 17.9 Å². The van der Waals surface area contributed by atoms with Gasteiger partial charge in [-0.25, -0.2) is 9.97 Å². The van der Waals surface area contributed by atoms with E-state index < -0.39 is 0 Å². The van der Waals surface area contributed by atoms with E-state index in [0.29, 0.717) is 16.5 Å². The van der Waals surface area contributed by atoms with Crippen LogP contribution in [0.3, 0.4) is 0 Å². The van der Waals surface area contributed by atoms with Crippen LogP contribution in [0.4, 0.5) is 16.6 Å². The lowest BCUT2D eigenvalue weighted by molar-refractivity contribution is 1.22. The summed E-state index contributed by atoms with van der Waals surface area (Å²) in [5.41, 5.74) is 2.86. The third-order valence-electron chi connectivity index (χ3n) is 3.49. The summed E-state index contributed by atoms with van der Waals surface area (Å²) in [7, 11) is 0. The average Bonchev–Trinajstić information content (AvgIpc) is 3.05. The number of fused-ring (bicyclic) bond motifs is 3. The van der Waals surface area contributed by atoms with E-state index >= 15 is 0 Å². The Bertz CT molecular complexity index is 1170. The first-order valence-electron chi connectivity index (χ1n) is 6.97. The van der Waals surface area contributed by atoms with Crippen LogP contribution in [-0.2, 0) is 0 Å². The van der Waals surface area contributed by atoms with E-state index in [4.69, 9.17) is 11.8 Å². The summed E-state index contributed by atoms with van der Waals surface area (Å²) < 4.78 is 0.873. The Balaban J connectivity index is 1.93. The number of nitriles is 1. The summed E-state index contributed by atoms with van der Waals surface area (Å²) in [4.78, 5) is 16.3. The van der Waals surface area contributed by atoms with E-state index in [-0.39, 0.29) is 0 Å². The van der Waals surface area contributed by atoms with Gasteiger partial charge in [-0.2, -0.15) is 5.26 Å². The smallest absolute Gasteiger partial charge is 0.330 e. The number of rotatable bonds is 2. The number of hydrogen-bond donors (Lipinski definition) is 1. The van der Waals surface area contributed by atoms with Gasteiger partial charge >= 0.3 is 5.13 Å². The number of benzene rings is 2. The molecule has 2 aromatic heterocycles. The lowest BCUT2D eigenvalue weighted by atomic mass is 10.2. The second-order valence-electron chi connectivity index (χ2n) is 4.96. The summed E-state index contributed by atoms with van der Waals surface area (Å²) >= 11 is 1.32. The Morgan fingerprint density at radius 3 is 2.88 bits per heavy atom. The molecule has 24 heavy (non-hydrogen) atoms. The predicted octanol–water partition coefficient (Wildman–Crippen LogP) is 4.41. The summed E-state index contributed by atoms with van der Waals surface area (Å²) in [5, 5.41) is 13.5. The summed E-state index contributed by atoms with van der Waals surface area (Å²) in [6, 6.07) is 13.0. The molecule has 6 nitrogen and oxygen atoms in total. The molecule has 4 aromatic rings. The minimum Gasteiger partial charge on any atom is -0.351 e.